The monoisotopic (exact) mass is 288 g/mol. The first-order valence-electron chi connectivity index (χ1n) is 7.18. The third-order valence-corrected chi connectivity index (χ3v) is 5.25. The van der Waals surface area contributed by atoms with Gasteiger partial charge >= 0.3 is 0 Å². The fraction of sp³-hybridized carbons (Fsp3) is 0.562. The Hall–Kier alpha value is -1.31. The molecule has 1 heterocycles. The lowest BCUT2D eigenvalue weighted by molar-refractivity contribution is -0.134. The summed E-state index contributed by atoms with van der Waals surface area (Å²) in [5, 5.41) is 2.08. The summed E-state index contributed by atoms with van der Waals surface area (Å²) in [5.41, 5.74) is 6.53. The van der Waals surface area contributed by atoms with Gasteiger partial charge in [-0.1, -0.05) is 11.8 Å². The largest absolute Gasteiger partial charge is 0.341 e. The number of hydrogen-bond donors (Lipinski definition) is 1. The van der Waals surface area contributed by atoms with Gasteiger partial charge in [-0.2, -0.15) is 0 Å². The Bertz CT molecular complexity index is 559. The summed E-state index contributed by atoms with van der Waals surface area (Å²) in [6, 6.07) is 2.06. The molecule has 0 radical (unpaired) electrons. The molecule has 2 saturated carbocycles. The van der Waals surface area contributed by atoms with Gasteiger partial charge in [0, 0.05) is 19.5 Å². The van der Waals surface area contributed by atoms with Crippen LogP contribution in [-0.4, -0.2) is 24.4 Å². The molecule has 1 aromatic heterocycles. The van der Waals surface area contributed by atoms with Crippen LogP contribution in [0.1, 0.15) is 29.7 Å². The SMILES string of the molecule is CN(Cc1csc(C#CCN)c1)C(=O)C1CC2CC2C1. The molecule has 2 unspecified atom stereocenters. The van der Waals surface area contributed by atoms with E-state index in [1.54, 1.807) is 11.3 Å². The van der Waals surface area contributed by atoms with Crippen LogP contribution >= 0.6 is 11.3 Å². The van der Waals surface area contributed by atoms with Crippen LogP contribution in [0.25, 0.3) is 0 Å². The van der Waals surface area contributed by atoms with Gasteiger partial charge < -0.3 is 10.6 Å². The highest BCUT2D eigenvalue weighted by molar-refractivity contribution is 7.10. The third kappa shape index (κ3) is 2.89. The van der Waals surface area contributed by atoms with Crippen LogP contribution in [-0.2, 0) is 11.3 Å². The second-order valence-electron chi connectivity index (χ2n) is 5.94. The van der Waals surface area contributed by atoms with Crippen molar-refractivity contribution in [2.24, 2.45) is 23.5 Å². The zero-order valence-corrected chi connectivity index (χ0v) is 12.6. The molecule has 0 spiro atoms. The van der Waals surface area contributed by atoms with Crippen molar-refractivity contribution in [3.8, 4) is 11.8 Å². The van der Waals surface area contributed by atoms with Crippen molar-refractivity contribution in [1.29, 1.82) is 0 Å². The predicted molar refractivity (Wildman–Crippen MR) is 81.0 cm³/mol. The Labute approximate surface area is 124 Å². The smallest absolute Gasteiger partial charge is 0.225 e. The molecule has 2 atom stereocenters. The summed E-state index contributed by atoms with van der Waals surface area (Å²) in [4.78, 5) is 15.3. The second-order valence-corrected chi connectivity index (χ2v) is 6.85. The van der Waals surface area contributed by atoms with Gasteiger partial charge in [0.25, 0.3) is 0 Å². The molecule has 106 valence electrons. The average Bonchev–Trinajstić information content (AvgIpc) is 2.87. The van der Waals surface area contributed by atoms with E-state index >= 15 is 0 Å². The number of fused-ring (bicyclic) bond motifs is 1. The van der Waals surface area contributed by atoms with Crippen LogP contribution in [0.15, 0.2) is 11.4 Å². The molecule has 0 bridgehead atoms. The molecule has 1 amide bonds. The molecule has 3 nitrogen and oxygen atoms in total. The first-order valence-corrected chi connectivity index (χ1v) is 8.06. The summed E-state index contributed by atoms with van der Waals surface area (Å²) in [6.45, 7) is 1.07. The van der Waals surface area contributed by atoms with Gasteiger partial charge in [0.2, 0.25) is 5.91 Å². The molecule has 0 aliphatic heterocycles. The van der Waals surface area contributed by atoms with Gasteiger partial charge in [-0.3, -0.25) is 4.79 Å². The summed E-state index contributed by atoms with van der Waals surface area (Å²) in [5.74, 6) is 8.20. The van der Waals surface area contributed by atoms with E-state index < -0.39 is 0 Å². The minimum Gasteiger partial charge on any atom is -0.341 e. The second kappa shape index (κ2) is 5.59. The maximum atomic E-state index is 12.4. The number of nitrogens with zero attached hydrogens (tertiary/aromatic N) is 1. The molecule has 2 fully saturated rings. The normalized spacial score (nSPS) is 26.6. The van der Waals surface area contributed by atoms with Crippen LogP contribution < -0.4 is 5.73 Å². The molecule has 3 rings (SSSR count). The third-order valence-electron chi connectivity index (χ3n) is 4.36. The lowest BCUT2D eigenvalue weighted by atomic mass is 10.0. The van der Waals surface area contributed by atoms with Crippen molar-refractivity contribution >= 4 is 17.2 Å². The molecule has 0 saturated heterocycles. The molecule has 0 aromatic carbocycles. The topological polar surface area (TPSA) is 46.3 Å². The highest BCUT2D eigenvalue weighted by Crippen LogP contribution is 2.54. The van der Waals surface area contributed by atoms with E-state index in [0.717, 1.165) is 35.1 Å². The van der Waals surface area contributed by atoms with Crippen LogP contribution in [0.2, 0.25) is 0 Å². The molecule has 20 heavy (non-hydrogen) atoms. The fourth-order valence-electron chi connectivity index (χ4n) is 3.24. The Balaban J connectivity index is 1.56. The summed E-state index contributed by atoms with van der Waals surface area (Å²) < 4.78 is 0. The van der Waals surface area contributed by atoms with E-state index in [1.165, 1.54) is 6.42 Å². The zero-order valence-electron chi connectivity index (χ0n) is 11.8. The van der Waals surface area contributed by atoms with Gasteiger partial charge in [0.05, 0.1) is 11.4 Å². The lowest BCUT2D eigenvalue weighted by Gasteiger charge is -2.21. The van der Waals surface area contributed by atoms with Crippen molar-refractivity contribution in [1.82, 2.24) is 4.90 Å². The number of amides is 1. The van der Waals surface area contributed by atoms with Gasteiger partial charge in [-0.15, -0.1) is 11.3 Å². The molecule has 2 aliphatic carbocycles. The van der Waals surface area contributed by atoms with Crippen LogP contribution in [0.4, 0.5) is 0 Å². The number of thiophene rings is 1. The maximum absolute atomic E-state index is 12.4. The van der Waals surface area contributed by atoms with Crippen molar-refractivity contribution in [3.63, 3.8) is 0 Å². The first-order chi connectivity index (χ1) is 9.67. The molecular weight excluding hydrogens is 268 g/mol. The number of carbonyl (C=O) groups is 1. The summed E-state index contributed by atoms with van der Waals surface area (Å²) in [7, 11) is 1.91. The Kier molecular flexibility index (Phi) is 3.82. The van der Waals surface area contributed by atoms with Crippen molar-refractivity contribution < 1.29 is 4.79 Å². The van der Waals surface area contributed by atoms with Gasteiger partial charge in [-0.05, 0) is 48.1 Å². The molecule has 2 aliphatic rings. The van der Waals surface area contributed by atoms with Crippen LogP contribution in [0, 0.1) is 29.6 Å². The van der Waals surface area contributed by atoms with E-state index in [9.17, 15) is 4.79 Å². The van der Waals surface area contributed by atoms with Gasteiger partial charge in [0.1, 0.15) is 0 Å². The zero-order chi connectivity index (χ0) is 14.1. The van der Waals surface area contributed by atoms with Gasteiger partial charge in [0.15, 0.2) is 0 Å². The Morgan fingerprint density at radius 3 is 2.90 bits per heavy atom. The number of rotatable bonds is 3. The van der Waals surface area contributed by atoms with E-state index in [2.05, 4.69) is 23.3 Å². The Morgan fingerprint density at radius 1 is 1.45 bits per heavy atom. The van der Waals surface area contributed by atoms with Crippen molar-refractivity contribution in [3.05, 3.63) is 21.9 Å². The van der Waals surface area contributed by atoms with E-state index in [0.29, 0.717) is 19.0 Å². The summed E-state index contributed by atoms with van der Waals surface area (Å²) in [6.07, 6.45) is 3.59. The number of carbonyl (C=O) groups excluding carboxylic acids is 1. The van der Waals surface area contributed by atoms with E-state index in [-0.39, 0.29) is 5.92 Å². The van der Waals surface area contributed by atoms with E-state index in [1.807, 2.05) is 11.9 Å². The van der Waals surface area contributed by atoms with Gasteiger partial charge in [-0.25, -0.2) is 0 Å². The first kappa shape index (κ1) is 13.7. The van der Waals surface area contributed by atoms with Crippen LogP contribution in [0.3, 0.4) is 0 Å². The lowest BCUT2D eigenvalue weighted by Crippen LogP contribution is -2.31. The molecule has 4 heteroatoms. The molecular formula is C16H20N2OS. The predicted octanol–water partition coefficient (Wildman–Crippen LogP) is 2.06. The van der Waals surface area contributed by atoms with E-state index in [4.69, 9.17) is 5.73 Å². The standard InChI is InChI=1S/C16H20N2OS/c1-18(16(19)14-7-12-6-13(12)8-14)9-11-5-15(20-10-11)3-2-4-17/h5,10,12-14H,4,6-9,17H2,1H3. The minimum absolute atomic E-state index is 0.277. The quantitative estimate of drug-likeness (QED) is 0.865. The fourth-order valence-corrected chi connectivity index (χ4v) is 4.01. The van der Waals surface area contributed by atoms with Crippen molar-refractivity contribution in [2.45, 2.75) is 25.8 Å². The van der Waals surface area contributed by atoms with Crippen LogP contribution in [0.5, 0.6) is 0 Å². The number of hydrogen-bond acceptors (Lipinski definition) is 3. The molecule has 1 aromatic rings. The van der Waals surface area contributed by atoms with Crippen molar-refractivity contribution in [2.75, 3.05) is 13.6 Å². The highest BCUT2D eigenvalue weighted by atomic mass is 32.1. The average molecular weight is 288 g/mol. The Morgan fingerprint density at radius 2 is 2.20 bits per heavy atom. The highest BCUT2D eigenvalue weighted by Gasteiger charge is 2.48. The minimum atomic E-state index is 0.277. The summed E-state index contributed by atoms with van der Waals surface area (Å²) >= 11 is 1.62. The maximum Gasteiger partial charge on any atom is 0.225 e. The molecule has 2 N–H and O–H groups in total. The number of nitrogens with two attached hydrogens (primary N) is 1.